The fraction of sp³-hybridized carbons (Fsp3) is 0.355. The van der Waals surface area contributed by atoms with Gasteiger partial charge in [0.15, 0.2) is 11.6 Å². The summed E-state index contributed by atoms with van der Waals surface area (Å²) in [6, 6.07) is 18.3. The minimum absolute atomic E-state index is 0.0612. The third kappa shape index (κ3) is 7.34. The minimum atomic E-state index is -0.898. The molecular formula is C31H32ClF2NO3. The third-order valence-electron chi connectivity index (χ3n) is 7.48. The number of halogens is 3. The summed E-state index contributed by atoms with van der Waals surface area (Å²) >= 11 is 5.99. The predicted octanol–water partition coefficient (Wildman–Crippen LogP) is 6.84. The van der Waals surface area contributed by atoms with E-state index in [1.807, 2.05) is 12.1 Å². The molecule has 1 aliphatic rings. The third-order valence-corrected chi connectivity index (χ3v) is 7.73. The molecular weight excluding hydrogens is 508 g/mol. The Morgan fingerprint density at radius 3 is 1.97 bits per heavy atom. The Bertz CT molecular complexity index is 1220. The molecule has 200 valence electrons. The van der Waals surface area contributed by atoms with Gasteiger partial charge in [-0.25, -0.2) is 8.78 Å². The maximum atomic E-state index is 13.4. The van der Waals surface area contributed by atoms with Gasteiger partial charge < -0.3 is 10.0 Å². The number of benzene rings is 3. The summed E-state index contributed by atoms with van der Waals surface area (Å²) in [7, 11) is 0. The largest absolute Gasteiger partial charge is 0.385 e. The number of aliphatic hydroxyl groups is 1. The predicted molar refractivity (Wildman–Crippen MR) is 144 cm³/mol. The number of Topliss-reactive ketones (excluding diaryl/α,β-unsaturated/α-hetero) is 2. The lowest BCUT2D eigenvalue weighted by Gasteiger charge is -2.39. The summed E-state index contributed by atoms with van der Waals surface area (Å²) in [6.07, 6.45) is 3.06. The number of hydrogen-bond donors (Lipinski definition) is 1. The molecule has 1 saturated heterocycles. The molecule has 7 heteroatoms. The maximum Gasteiger partial charge on any atom is 0.165 e. The molecule has 3 aromatic rings. The fourth-order valence-corrected chi connectivity index (χ4v) is 5.21. The van der Waals surface area contributed by atoms with Gasteiger partial charge in [-0.05, 0) is 105 Å². The standard InChI is InChI=1S/C31H32ClF2NO3/c32-26-10-8-25(9-11-26)31(38)17-20-35(21-18-31)19-16-23(30(37)24-6-14-28(34)15-7-24)2-1-3-29(36)22-4-12-27(33)13-5-22/h4-15,23,38H,1-3,16-21H2. The molecule has 1 atom stereocenters. The maximum absolute atomic E-state index is 13.4. The lowest BCUT2D eigenvalue weighted by molar-refractivity contribution is -0.0266. The first-order chi connectivity index (χ1) is 18.2. The first kappa shape index (κ1) is 28.1. The smallest absolute Gasteiger partial charge is 0.165 e. The van der Waals surface area contributed by atoms with Crippen molar-refractivity contribution in [2.75, 3.05) is 19.6 Å². The van der Waals surface area contributed by atoms with Crippen LogP contribution in [0.2, 0.25) is 5.02 Å². The van der Waals surface area contributed by atoms with Crippen LogP contribution in [-0.4, -0.2) is 41.2 Å². The van der Waals surface area contributed by atoms with Crippen LogP contribution in [0.5, 0.6) is 0 Å². The van der Waals surface area contributed by atoms with E-state index in [1.165, 1.54) is 48.5 Å². The Kier molecular flexibility index (Phi) is 9.42. The summed E-state index contributed by atoms with van der Waals surface area (Å²) < 4.78 is 26.6. The molecule has 38 heavy (non-hydrogen) atoms. The Labute approximate surface area is 227 Å². The summed E-state index contributed by atoms with van der Waals surface area (Å²) in [5.41, 5.74) is 0.869. The quantitative estimate of drug-likeness (QED) is 0.271. The average molecular weight is 540 g/mol. The van der Waals surface area contributed by atoms with Gasteiger partial charge in [0.25, 0.3) is 0 Å². The fourth-order valence-electron chi connectivity index (χ4n) is 5.08. The zero-order valence-corrected chi connectivity index (χ0v) is 22.0. The molecule has 1 N–H and O–H groups in total. The normalized spacial score (nSPS) is 16.2. The van der Waals surface area contributed by atoms with Crippen molar-refractivity contribution in [1.29, 1.82) is 0 Å². The summed E-state index contributed by atoms with van der Waals surface area (Å²) in [5, 5.41) is 11.8. The molecule has 4 nitrogen and oxygen atoms in total. The molecule has 0 bridgehead atoms. The van der Waals surface area contributed by atoms with Crippen molar-refractivity contribution in [1.82, 2.24) is 4.90 Å². The number of carbonyl (C=O) groups is 2. The lowest BCUT2D eigenvalue weighted by Crippen LogP contribution is -2.43. The first-order valence-electron chi connectivity index (χ1n) is 13.0. The molecule has 1 unspecified atom stereocenters. The van der Waals surface area contributed by atoms with Crippen molar-refractivity contribution < 1.29 is 23.5 Å². The van der Waals surface area contributed by atoms with Crippen molar-refractivity contribution in [3.8, 4) is 0 Å². The second-order valence-electron chi connectivity index (χ2n) is 10.1. The highest BCUT2D eigenvalue weighted by Crippen LogP contribution is 2.34. The van der Waals surface area contributed by atoms with E-state index >= 15 is 0 Å². The highest BCUT2D eigenvalue weighted by atomic mass is 35.5. The molecule has 0 aromatic heterocycles. The number of likely N-dealkylation sites (tertiary alicyclic amines) is 1. The van der Waals surface area contributed by atoms with Crippen molar-refractivity contribution in [3.05, 3.63) is 106 Å². The Balaban J connectivity index is 1.35. The van der Waals surface area contributed by atoms with Crippen LogP contribution in [0.3, 0.4) is 0 Å². The zero-order chi connectivity index (χ0) is 27.1. The average Bonchev–Trinajstić information content (AvgIpc) is 2.92. The van der Waals surface area contributed by atoms with Crippen LogP contribution in [0, 0.1) is 17.6 Å². The van der Waals surface area contributed by atoms with Gasteiger partial charge in [0.05, 0.1) is 5.60 Å². The topological polar surface area (TPSA) is 57.6 Å². The van der Waals surface area contributed by atoms with Crippen LogP contribution >= 0.6 is 11.6 Å². The molecule has 0 amide bonds. The van der Waals surface area contributed by atoms with Crippen LogP contribution in [0.15, 0.2) is 72.8 Å². The molecule has 1 fully saturated rings. The van der Waals surface area contributed by atoms with E-state index in [-0.39, 0.29) is 23.9 Å². The van der Waals surface area contributed by atoms with Crippen molar-refractivity contribution in [2.45, 2.75) is 44.1 Å². The molecule has 1 heterocycles. The SMILES string of the molecule is O=C(CCCC(CCN1CCC(O)(c2ccc(Cl)cc2)CC1)C(=O)c1ccc(F)cc1)c1ccc(F)cc1. The van der Waals surface area contributed by atoms with Gasteiger partial charge in [0.2, 0.25) is 0 Å². The highest BCUT2D eigenvalue weighted by Gasteiger charge is 2.34. The molecule has 3 aromatic carbocycles. The van der Waals surface area contributed by atoms with Gasteiger partial charge in [-0.2, -0.15) is 0 Å². The van der Waals surface area contributed by atoms with Crippen LogP contribution < -0.4 is 0 Å². The molecule has 0 saturated carbocycles. The summed E-state index contributed by atoms with van der Waals surface area (Å²) in [5.74, 6) is -1.26. The highest BCUT2D eigenvalue weighted by molar-refractivity contribution is 6.30. The van der Waals surface area contributed by atoms with Crippen molar-refractivity contribution in [3.63, 3.8) is 0 Å². The minimum Gasteiger partial charge on any atom is -0.385 e. The van der Waals surface area contributed by atoms with Crippen molar-refractivity contribution in [2.24, 2.45) is 5.92 Å². The molecule has 0 spiro atoms. The lowest BCUT2D eigenvalue weighted by atomic mass is 9.84. The number of carbonyl (C=O) groups excluding carboxylic acids is 2. The summed E-state index contributed by atoms with van der Waals surface area (Å²) in [4.78, 5) is 28.1. The van der Waals surface area contributed by atoms with E-state index in [4.69, 9.17) is 11.6 Å². The van der Waals surface area contributed by atoms with Crippen LogP contribution in [0.1, 0.15) is 64.8 Å². The monoisotopic (exact) mass is 539 g/mol. The van der Waals surface area contributed by atoms with Gasteiger partial charge >= 0.3 is 0 Å². The summed E-state index contributed by atoms with van der Waals surface area (Å²) in [6.45, 7) is 2.07. The van der Waals surface area contributed by atoms with E-state index in [2.05, 4.69) is 4.90 Å². The number of piperidine rings is 1. The van der Waals surface area contributed by atoms with E-state index in [0.29, 0.717) is 67.9 Å². The van der Waals surface area contributed by atoms with Crippen molar-refractivity contribution >= 4 is 23.2 Å². The number of rotatable bonds is 11. The Morgan fingerprint density at radius 2 is 1.39 bits per heavy atom. The van der Waals surface area contributed by atoms with Gasteiger partial charge in [0, 0.05) is 41.6 Å². The second-order valence-corrected chi connectivity index (χ2v) is 10.5. The zero-order valence-electron chi connectivity index (χ0n) is 21.2. The van der Waals surface area contributed by atoms with Crippen LogP contribution in [0.25, 0.3) is 0 Å². The van der Waals surface area contributed by atoms with Gasteiger partial charge in [-0.15, -0.1) is 0 Å². The molecule has 0 radical (unpaired) electrons. The molecule has 4 rings (SSSR count). The van der Waals surface area contributed by atoms with E-state index in [9.17, 15) is 23.5 Å². The number of nitrogens with zero attached hydrogens (tertiary/aromatic N) is 1. The van der Waals surface area contributed by atoms with E-state index in [0.717, 1.165) is 5.56 Å². The Hall–Kier alpha value is -2.93. The Morgan fingerprint density at radius 1 is 0.842 bits per heavy atom. The molecule has 1 aliphatic heterocycles. The van der Waals surface area contributed by atoms with Crippen LogP contribution in [-0.2, 0) is 5.60 Å². The van der Waals surface area contributed by atoms with Gasteiger partial charge in [0.1, 0.15) is 11.6 Å². The van der Waals surface area contributed by atoms with E-state index in [1.54, 1.807) is 12.1 Å². The molecule has 0 aliphatic carbocycles. The van der Waals surface area contributed by atoms with Gasteiger partial charge in [-0.3, -0.25) is 9.59 Å². The number of hydrogen-bond acceptors (Lipinski definition) is 4. The van der Waals surface area contributed by atoms with Crippen LogP contribution in [0.4, 0.5) is 8.78 Å². The second kappa shape index (κ2) is 12.7. The van der Waals surface area contributed by atoms with E-state index < -0.39 is 17.2 Å². The number of ketones is 2. The van der Waals surface area contributed by atoms with Gasteiger partial charge in [-0.1, -0.05) is 23.7 Å². The first-order valence-corrected chi connectivity index (χ1v) is 13.4.